The minimum atomic E-state index is -0.195. The van der Waals surface area contributed by atoms with Gasteiger partial charge in [0.05, 0.1) is 12.0 Å². The molecule has 1 saturated heterocycles. The first kappa shape index (κ1) is 17.6. The Bertz CT molecular complexity index is 573. The molecule has 1 aromatic rings. The van der Waals surface area contributed by atoms with Crippen LogP contribution in [0.1, 0.15) is 38.5 Å². The predicted octanol–water partition coefficient (Wildman–Crippen LogP) is 3.62. The van der Waals surface area contributed by atoms with E-state index in [1.54, 1.807) is 0 Å². The van der Waals surface area contributed by atoms with E-state index < -0.39 is 0 Å². The highest BCUT2D eigenvalue weighted by Crippen LogP contribution is 2.44. The van der Waals surface area contributed by atoms with Crippen LogP contribution < -0.4 is 15.4 Å². The molecule has 132 valence electrons. The van der Waals surface area contributed by atoms with Gasteiger partial charge >= 0.3 is 0 Å². The third-order valence-corrected chi connectivity index (χ3v) is 5.79. The van der Waals surface area contributed by atoms with E-state index in [2.05, 4.69) is 10.6 Å². The maximum absolute atomic E-state index is 12.9. The third kappa shape index (κ3) is 3.55. The number of carbonyl (C=O) groups is 1. The lowest BCUT2D eigenvalue weighted by molar-refractivity contribution is -0.128. The highest BCUT2D eigenvalue weighted by molar-refractivity contribution is 5.96. The zero-order chi connectivity index (χ0) is 15.7. The molecule has 2 atom stereocenters. The molecule has 1 aliphatic heterocycles. The Morgan fingerprint density at radius 2 is 2.00 bits per heavy atom. The van der Waals surface area contributed by atoms with Gasteiger partial charge in [-0.2, -0.15) is 0 Å². The number of anilines is 1. The van der Waals surface area contributed by atoms with Gasteiger partial charge in [0.25, 0.3) is 0 Å². The van der Waals surface area contributed by atoms with Crippen molar-refractivity contribution in [1.82, 2.24) is 5.32 Å². The molecule has 4 rings (SSSR count). The van der Waals surface area contributed by atoms with Crippen molar-refractivity contribution in [2.45, 2.75) is 38.5 Å². The van der Waals surface area contributed by atoms with E-state index >= 15 is 0 Å². The number of hydrogen-bond acceptors (Lipinski definition) is 3. The summed E-state index contributed by atoms with van der Waals surface area (Å²) in [4.78, 5) is 12.9. The Hall–Kier alpha value is -1.26. The first-order valence-electron chi connectivity index (χ1n) is 9.01. The summed E-state index contributed by atoms with van der Waals surface area (Å²) in [5, 5.41) is 6.58. The van der Waals surface area contributed by atoms with Crippen LogP contribution in [0.5, 0.6) is 5.75 Å². The van der Waals surface area contributed by atoms with Crippen molar-refractivity contribution < 1.29 is 9.53 Å². The van der Waals surface area contributed by atoms with Crippen LogP contribution in [0.15, 0.2) is 24.3 Å². The average Bonchev–Trinajstić information content (AvgIpc) is 3.30. The highest BCUT2D eigenvalue weighted by atomic mass is 35.5. The number of fused-ring (bicyclic) bond motifs is 1. The van der Waals surface area contributed by atoms with E-state index in [-0.39, 0.29) is 23.7 Å². The standard InChI is InChI=1S/C19H26N2O2.ClH/c22-18(19-10-2-1-3-15(19)11-20-13-19)21-16-6-8-17(9-7-16)23-12-14-4-5-14;/h6-9,14-15,20H,1-5,10-13H2,(H,21,22);1H/t15-,19+;/m0./s1. The number of ether oxygens (including phenoxy) is 1. The summed E-state index contributed by atoms with van der Waals surface area (Å²) in [5.41, 5.74) is 0.679. The Morgan fingerprint density at radius 1 is 1.21 bits per heavy atom. The molecule has 2 N–H and O–H groups in total. The fraction of sp³-hybridized carbons (Fsp3) is 0.632. The zero-order valence-corrected chi connectivity index (χ0v) is 14.9. The summed E-state index contributed by atoms with van der Waals surface area (Å²) < 4.78 is 5.75. The first-order chi connectivity index (χ1) is 11.3. The number of hydrogen-bond donors (Lipinski definition) is 2. The number of amides is 1. The van der Waals surface area contributed by atoms with Crippen molar-refractivity contribution >= 4 is 24.0 Å². The van der Waals surface area contributed by atoms with E-state index in [1.807, 2.05) is 24.3 Å². The van der Waals surface area contributed by atoms with Crippen LogP contribution in [0, 0.1) is 17.3 Å². The minimum Gasteiger partial charge on any atom is -0.493 e. The van der Waals surface area contributed by atoms with Crippen molar-refractivity contribution in [2.24, 2.45) is 17.3 Å². The topological polar surface area (TPSA) is 50.4 Å². The SMILES string of the molecule is Cl.O=C(Nc1ccc(OCC2CC2)cc1)[C@@]12CCCC[C@H]1CNC2. The quantitative estimate of drug-likeness (QED) is 0.852. The van der Waals surface area contributed by atoms with Gasteiger partial charge in [0, 0.05) is 12.2 Å². The van der Waals surface area contributed by atoms with Crippen molar-refractivity contribution in [1.29, 1.82) is 0 Å². The molecule has 24 heavy (non-hydrogen) atoms. The summed E-state index contributed by atoms with van der Waals surface area (Å²) in [5.74, 6) is 2.34. The highest BCUT2D eigenvalue weighted by Gasteiger charge is 2.49. The number of carbonyl (C=O) groups excluding carboxylic acids is 1. The van der Waals surface area contributed by atoms with Gasteiger partial charge in [0.1, 0.15) is 5.75 Å². The number of halogens is 1. The molecular weight excluding hydrogens is 324 g/mol. The Morgan fingerprint density at radius 3 is 2.75 bits per heavy atom. The molecule has 0 radical (unpaired) electrons. The molecule has 0 spiro atoms. The van der Waals surface area contributed by atoms with Crippen LogP contribution in [0.25, 0.3) is 0 Å². The monoisotopic (exact) mass is 350 g/mol. The van der Waals surface area contributed by atoms with Crippen LogP contribution in [0.3, 0.4) is 0 Å². The Kier molecular flexibility index (Phi) is 5.36. The maximum atomic E-state index is 12.9. The summed E-state index contributed by atoms with van der Waals surface area (Å²) in [6.07, 6.45) is 7.21. The molecule has 3 fully saturated rings. The lowest BCUT2D eigenvalue weighted by atomic mass is 9.67. The van der Waals surface area contributed by atoms with Crippen LogP contribution in [-0.2, 0) is 4.79 Å². The smallest absolute Gasteiger partial charge is 0.232 e. The average molecular weight is 351 g/mol. The molecule has 5 heteroatoms. The van der Waals surface area contributed by atoms with Crippen LogP contribution in [0.4, 0.5) is 5.69 Å². The van der Waals surface area contributed by atoms with Crippen LogP contribution in [-0.4, -0.2) is 25.6 Å². The molecule has 2 saturated carbocycles. The van der Waals surface area contributed by atoms with Crippen molar-refractivity contribution in [3.63, 3.8) is 0 Å². The summed E-state index contributed by atoms with van der Waals surface area (Å²) in [7, 11) is 0. The first-order valence-corrected chi connectivity index (χ1v) is 9.01. The second-order valence-corrected chi connectivity index (χ2v) is 7.46. The van der Waals surface area contributed by atoms with E-state index in [1.165, 1.54) is 32.1 Å². The largest absolute Gasteiger partial charge is 0.493 e. The van der Waals surface area contributed by atoms with Crippen molar-refractivity contribution in [3.05, 3.63) is 24.3 Å². The molecule has 3 aliphatic rings. The van der Waals surface area contributed by atoms with E-state index in [9.17, 15) is 4.79 Å². The second-order valence-electron chi connectivity index (χ2n) is 7.46. The lowest BCUT2D eigenvalue weighted by Gasteiger charge is -2.37. The fourth-order valence-corrected chi connectivity index (χ4v) is 4.08. The summed E-state index contributed by atoms with van der Waals surface area (Å²) in [6, 6.07) is 7.83. The van der Waals surface area contributed by atoms with E-state index in [4.69, 9.17) is 4.74 Å². The van der Waals surface area contributed by atoms with Gasteiger partial charge in [-0.3, -0.25) is 4.79 Å². The Labute approximate surface area is 150 Å². The van der Waals surface area contributed by atoms with Crippen LogP contribution >= 0.6 is 12.4 Å². The minimum absolute atomic E-state index is 0. The van der Waals surface area contributed by atoms with Gasteiger partial charge < -0.3 is 15.4 Å². The van der Waals surface area contributed by atoms with Crippen molar-refractivity contribution in [2.75, 3.05) is 25.0 Å². The molecule has 1 heterocycles. The summed E-state index contributed by atoms with van der Waals surface area (Å²) in [6.45, 7) is 2.63. The maximum Gasteiger partial charge on any atom is 0.232 e. The second kappa shape index (κ2) is 7.32. The van der Waals surface area contributed by atoms with Gasteiger partial charge in [-0.15, -0.1) is 12.4 Å². The summed E-state index contributed by atoms with van der Waals surface area (Å²) >= 11 is 0. The molecule has 2 aliphatic carbocycles. The molecular formula is C19H27ClN2O2. The zero-order valence-electron chi connectivity index (χ0n) is 14.1. The fourth-order valence-electron chi connectivity index (χ4n) is 4.08. The molecule has 1 aromatic carbocycles. The molecule has 4 nitrogen and oxygen atoms in total. The lowest BCUT2D eigenvalue weighted by Crippen LogP contribution is -2.44. The molecule has 0 aromatic heterocycles. The molecule has 0 unspecified atom stereocenters. The predicted molar refractivity (Wildman–Crippen MR) is 97.8 cm³/mol. The van der Waals surface area contributed by atoms with Gasteiger partial charge in [-0.05, 0) is 68.3 Å². The number of benzene rings is 1. The van der Waals surface area contributed by atoms with Crippen molar-refractivity contribution in [3.8, 4) is 5.75 Å². The number of nitrogens with one attached hydrogen (secondary N) is 2. The normalized spacial score (nSPS) is 28.6. The van der Waals surface area contributed by atoms with Gasteiger partial charge in [-0.1, -0.05) is 12.8 Å². The van der Waals surface area contributed by atoms with Gasteiger partial charge in [-0.25, -0.2) is 0 Å². The third-order valence-electron chi connectivity index (χ3n) is 5.79. The van der Waals surface area contributed by atoms with Gasteiger partial charge in [0.15, 0.2) is 0 Å². The Balaban J connectivity index is 0.00000169. The molecule has 0 bridgehead atoms. The van der Waals surface area contributed by atoms with E-state index in [0.29, 0.717) is 5.92 Å². The number of rotatable bonds is 5. The van der Waals surface area contributed by atoms with E-state index in [0.717, 1.165) is 43.5 Å². The van der Waals surface area contributed by atoms with Gasteiger partial charge in [0.2, 0.25) is 5.91 Å². The van der Waals surface area contributed by atoms with Crippen LogP contribution in [0.2, 0.25) is 0 Å². The molecule has 1 amide bonds.